The average molecular weight is 514 g/mol. The first-order valence-electron chi connectivity index (χ1n) is 12.4. The zero-order valence-corrected chi connectivity index (χ0v) is 23.3. The largest absolute Gasteiger partial charge is 0.490 e. The van der Waals surface area contributed by atoms with Gasteiger partial charge in [0.1, 0.15) is 12.4 Å². The molecule has 0 unspecified atom stereocenters. The Morgan fingerprint density at radius 2 is 1.05 bits per heavy atom. The van der Waals surface area contributed by atoms with Crippen LogP contribution in [0.15, 0.2) is 147 Å². The molecular weight excluding hydrogens is 470 g/mol. The smallest absolute Gasteiger partial charge is 0.360 e. The van der Waals surface area contributed by atoms with Crippen LogP contribution in [-0.2, 0) is 14.0 Å². The van der Waals surface area contributed by atoms with Crippen molar-refractivity contribution >= 4 is 13.8 Å². The van der Waals surface area contributed by atoms with E-state index in [2.05, 4.69) is 63.3 Å². The summed E-state index contributed by atoms with van der Waals surface area (Å²) in [6.45, 7) is 33.9. The maximum atomic E-state index is 5.96. The van der Waals surface area contributed by atoms with Gasteiger partial charge in [-0.05, 0) is 25.7 Å². The maximum Gasteiger partial charge on any atom is 0.360 e. The molecular formula is C31H44B2N2O3. The molecule has 0 fully saturated rings. The standard InChI is InChI=1S/C31H44B2N2O3/c1-11-13-15-27(4)32(37-23-21-34-9)29(6)18-17-26(3)25-36-31(8)20-19-30(7)33(38-24-22-35-10)28(5)16-14-12-2/h11-20,34-35H,1-8,21-25H2,9-10H3/b15-13-,16-14-,18-17-,20-19-. The molecule has 0 aliphatic carbocycles. The lowest BCUT2D eigenvalue weighted by Gasteiger charge is -2.16. The van der Waals surface area contributed by atoms with Crippen LogP contribution in [0.1, 0.15) is 0 Å². The number of allylic oxidation sites excluding steroid dienone is 13. The van der Waals surface area contributed by atoms with Crippen LogP contribution in [0.3, 0.4) is 0 Å². The van der Waals surface area contributed by atoms with E-state index < -0.39 is 0 Å². The second-order valence-corrected chi connectivity index (χ2v) is 8.28. The van der Waals surface area contributed by atoms with E-state index in [4.69, 9.17) is 14.0 Å². The third-order valence-corrected chi connectivity index (χ3v) is 4.97. The van der Waals surface area contributed by atoms with Gasteiger partial charge in [0.2, 0.25) is 0 Å². The Bertz CT molecular complexity index is 896. The lowest BCUT2D eigenvalue weighted by Crippen LogP contribution is -2.27. The summed E-state index contributed by atoms with van der Waals surface area (Å²) >= 11 is 0. The van der Waals surface area contributed by atoms with Crippen LogP contribution < -0.4 is 10.6 Å². The van der Waals surface area contributed by atoms with Crippen LogP contribution in [0.2, 0.25) is 0 Å². The van der Waals surface area contributed by atoms with Gasteiger partial charge in [0.15, 0.2) is 0 Å². The van der Waals surface area contributed by atoms with Crippen LogP contribution in [0, 0.1) is 0 Å². The van der Waals surface area contributed by atoms with Crippen LogP contribution in [0.4, 0.5) is 0 Å². The third kappa shape index (κ3) is 15.7. The van der Waals surface area contributed by atoms with Crippen molar-refractivity contribution in [2.24, 2.45) is 0 Å². The van der Waals surface area contributed by atoms with Crippen molar-refractivity contribution in [2.45, 2.75) is 0 Å². The summed E-state index contributed by atoms with van der Waals surface area (Å²) in [5, 5.41) is 6.12. The normalized spacial score (nSPS) is 11.2. The highest BCUT2D eigenvalue weighted by atomic mass is 16.5. The summed E-state index contributed by atoms with van der Waals surface area (Å²) in [5.74, 6) is 0.469. The fourth-order valence-electron chi connectivity index (χ4n) is 2.90. The van der Waals surface area contributed by atoms with E-state index in [0.717, 1.165) is 34.0 Å². The molecule has 0 aliphatic heterocycles. The molecule has 0 atom stereocenters. The van der Waals surface area contributed by atoms with Crippen molar-refractivity contribution in [3.05, 3.63) is 147 Å². The van der Waals surface area contributed by atoms with Crippen LogP contribution in [-0.4, -0.2) is 60.8 Å². The van der Waals surface area contributed by atoms with E-state index in [1.54, 1.807) is 18.2 Å². The van der Waals surface area contributed by atoms with E-state index in [9.17, 15) is 0 Å². The fraction of sp³-hybridized carbons (Fsp3) is 0.226. The first-order valence-corrected chi connectivity index (χ1v) is 12.4. The van der Waals surface area contributed by atoms with Gasteiger partial charge in [-0.25, -0.2) is 0 Å². The van der Waals surface area contributed by atoms with Gasteiger partial charge in [-0.3, -0.25) is 0 Å². The summed E-state index contributed by atoms with van der Waals surface area (Å²) in [6.07, 6.45) is 18.0. The Morgan fingerprint density at radius 1 is 0.632 bits per heavy atom. The number of ether oxygens (including phenoxy) is 1. The minimum absolute atomic E-state index is 0.263. The maximum absolute atomic E-state index is 5.96. The Morgan fingerprint density at radius 3 is 1.47 bits per heavy atom. The number of likely N-dealkylation sites (N-methyl/N-ethyl adjacent to an activating group) is 2. The number of hydrogen-bond acceptors (Lipinski definition) is 5. The zero-order chi connectivity index (χ0) is 28.8. The molecule has 0 saturated heterocycles. The van der Waals surface area contributed by atoms with Crippen molar-refractivity contribution in [2.75, 3.05) is 47.0 Å². The average Bonchev–Trinajstić information content (AvgIpc) is 2.91. The molecule has 5 nitrogen and oxygen atoms in total. The second kappa shape index (κ2) is 21.7. The second-order valence-electron chi connectivity index (χ2n) is 8.28. The van der Waals surface area contributed by atoms with Gasteiger partial charge < -0.3 is 24.7 Å². The molecule has 2 N–H and O–H groups in total. The van der Waals surface area contributed by atoms with E-state index in [1.807, 2.05) is 56.6 Å². The van der Waals surface area contributed by atoms with Crippen molar-refractivity contribution in [3.63, 3.8) is 0 Å². The van der Waals surface area contributed by atoms with Crippen molar-refractivity contribution < 1.29 is 14.0 Å². The SMILES string of the molecule is C=C/C=C\C(=C)B(OCCNC)C(=C)/C=C\C(=C)COC(=C)/C=C\C(=C)B(OCCNC)C(=C)/C=C\C=C. The zero-order valence-electron chi connectivity index (χ0n) is 23.3. The molecule has 0 heterocycles. The highest BCUT2D eigenvalue weighted by Crippen LogP contribution is 2.15. The summed E-state index contributed by atoms with van der Waals surface area (Å²) < 4.78 is 17.7. The van der Waals surface area contributed by atoms with Gasteiger partial charge in [-0.15, -0.1) is 26.3 Å². The molecule has 0 amide bonds. The van der Waals surface area contributed by atoms with Crippen LogP contribution in [0.25, 0.3) is 0 Å². The first kappa shape index (κ1) is 34.6. The molecule has 7 heteroatoms. The van der Waals surface area contributed by atoms with Crippen LogP contribution in [0.5, 0.6) is 0 Å². The molecule has 38 heavy (non-hydrogen) atoms. The Balaban J connectivity index is 5.03. The molecule has 202 valence electrons. The Hall–Kier alpha value is -3.35. The van der Waals surface area contributed by atoms with E-state index in [-0.39, 0.29) is 20.4 Å². The first-order chi connectivity index (χ1) is 18.2. The van der Waals surface area contributed by atoms with Gasteiger partial charge in [-0.2, -0.15) is 0 Å². The minimum Gasteiger partial charge on any atom is -0.490 e. The molecule has 0 rings (SSSR count). The lowest BCUT2D eigenvalue weighted by molar-refractivity contribution is 0.257. The summed E-state index contributed by atoms with van der Waals surface area (Å²) in [6, 6.07) is 0. The highest BCUT2D eigenvalue weighted by Gasteiger charge is 2.21. The Labute approximate surface area is 232 Å². The summed E-state index contributed by atoms with van der Waals surface area (Å²) in [5.41, 5.74) is 3.79. The van der Waals surface area contributed by atoms with Gasteiger partial charge in [0.25, 0.3) is 0 Å². The highest BCUT2D eigenvalue weighted by molar-refractivity contribution is 6.69. The molecule has 0 spiro atoms. The van der Waals surface area contributed by atoms with Crippen molar-refractivity contribution in [1.82, 2.24) is 10.6 Å². The molecule has 0 aromatic carbocycles. The lowest BCUT2D eigenvalue weighted by atomic mass is 9.54. The molecule has 0 bridgehead atoms. The van der Waals surface area contributed by atoms with Crippen LogP contribution >= 0.6 is 0 Å². The van der Waals surface area contributed by atoms with Gasteiger partial charge >= 0.3 is 13.8 Å². The molecule has 0 aromatic heterocycles. The quantitative estimate of drug-likeness (QED) is 0.0816. The van der Waals surface area contributed by atoms with E-state index >= 15 is 0 Å². The molecule has 0 saturated carbocycles. The third-order valence-electron chi connectivity index (χ3n) is 4.97. The van der Waals surface area contributed by atoms with Gasteiger partial charge in [0.05, 0.1) is 0 Å². The fourth-order valence-corrected chi connectivity index (χ4v) is 2.90. The van der Waals surface area contributed by atoms with Gasteiger partial charge in [0, 0.05) is 26.3 Å². The topological polar surface area (TPSA) is 51.8 Å². The predicted molar refractivity (Wildman–Crippen MR) is 169 cm³/mol. The van der Waals surface area contributed by atoms with E-state index in [0.29, 0.717) is 25.5 Å². The monoisotopic (exact) mass is 514 g/mol. The summed E-state index contributed by atoms with van der Waals surface area (Å²) in [4.78, 5) is 0. The molecule has 0 aromatic rings. The van der Waals surface area contributed by atoms with Crippen molar-refractivity contribution in [3.8, 4) is 0 Å². The number of rotatable bonds is 23. The van der Waals surface area contributed by atoms with Gasteiger partial charge in [-0.1, -0.05) is 103 Å². The predicted octanol–water partition coefficient (Wildman–Crippen LogP) is 5.51. The molecule has 0 radical (unpaired) electrons. The number of hydrogen-bond donors (Lipinski definition) is 2. The minimum atomic E-state index is -0.369. The Kier molecular flexibility index (Phi) is 19.8. The van der Waals surface area contributed by atoms with Crippen molar-refractivity contribution in [1.29, 1.82) is 0 Å². The molecule has 0 aliphatic rings. The van der Waals surface area contributed by atoms with E-state index in [1.165, 1.54) is 0 Å². The number of nitrogens with one attached hydrogen (secondary N) is 2. The summed E-state index contributed by atoms with van der Waals surface area (Å²) in [7, 11) is 3.74.